The highest BCUT2D eigenvalue weighted by atomic mass is 32.1. The van der Waals surface area contributed by atoms with E-state index >= 15 is 0 Å². The van der Waals surface area contributed by atoms with Crippen molar-refractivity contribution in [2.45, 2.75) is 109 Å². The van der Waals surface area contributed by atoms with Gasteiger partial charge in [0.1, 0.15) is 5.82 Å². The van der Waals surface area contributed by atoms with Crippen LogP contribution in [0, 0.1) is 10.8 Å². The number of imidazole rings is 1. The average Bonchev–Trinajstić information content (AvgIpc) is 3.97. The molecular formula is C39H61N7O5S. The zero-order valence-corrected chi connectivity index (χ0v) is 32.6. The van der Waals surface area contributed by atoms with Crippen LogP contribution < -0.4 is 0 Å². The van der Waals surface area contributed by atoms with Crippen molar-refractivity contribution in [3.05, 3.63) is 34.8 Å². The molecule has 2 saturated carbocycles. The fraction of sp³-hybridized carbons (Fsp3) is 0.795. The van der Waals surface area contributed by atoms with E-state index in [0.29, 0.717) is 41.9 Å². The lowest BCUT2D eigenvalue weighted by molar-refractivity contribution is -0.00525. The molecule has 0 unspecified atom stereocenters. The Labute approximate surface area is 314 Å². The number of carbonyl (C=O) groups excluding carboxylic acids is 2. The van der Waals surface area contributed by atoms with Crippen molar-refractivity contribution in [1.82, 2.24) is 34.1 Å². The quantitative estimate of drug-likeness (QED) is 0.304. The maximum Gasteiger partial charge on any atom is 0.409 e. The first-order chi connectivity index (χ1) is 25.3. The molecule has 0 N–H and O–H groups in total. The third-order valence-electron chi connectivity index (χ3n) is 13.2. The Bertz CT molecular complexity index is 1440. The molecule has 2 aliphatic carbocycles. The molecule has 8 rings (SSSR count). The van der Waals surface area contributed by atoms with E-state index in [1.165, 1.54) is 76.0 Å². The molecule has 2 amide bonds. The van der Waals surface area contributed by atoms with Gasteiger partial charge in [0.05, 0.1) is 31.0 Å². The summed E-state index contributed by atoms with van der Waals surface area (Å²) in [5.41, 5.74) is 3.98. The second-order valence-electron chi connectivity index (χ2n) is 16.4. The Morgan fingerprint density at radius 3 is 1.81 bits per heavy atom. The molecule has 6 heterocycles. The van der Waals surface area contributed by atoms with Crippen LogP contribution in [0.2, 0.25) is 0 Å². The average molecular weight is 740 g/mol. The summed E-state index contributed by atoms with van der Waals surface area (Å²) in [4.78, 5) is 42.2. The van der Waals surface area contributed by atoms with Crippen LogP contribution in [0.4, 0.5) is 9.59 Å². The summed E-state index contributed by atoms with van der Waals surface area (Å²) in [6, 6.07) is 1.42. The van der Waals surface area contributed by atoms with Crippen molar-refractivity contribution in [1.29, 1.82) is 0 Å². The van der Waals surface area contributed by atoms with Crippen molar-refractivity contribution in [2.24, 2.45) is 10.8 Å². The third-order valence-corrected chi connectivity index (χ3v) is 13.8. The number of carbonyl (C=O) groups is 2. The first kappa shape index (κ1) is 37.6. The number of nitrogens with zero attached hydrogens (tertiary/aromatic N) is 7. The Balaban J connectivity index is 0.000000164. The van der Waals surface area contributed by atoms with Crippen LogP contribution in [0.15, 0.2) is 23.3 Å². The van der Waals surface area contributed by atoms with E-state index in [2.05, 4.69) is 35.9 Å². The second kappa shape index (κ2) is 16.7. The highest BCUT2D eigenvalue weighted by Gasteiger charge is 2.52. The summed E-state index contributed by atoms with van der Waals surface area (Å²) < 4.78 is 17.8. The Hall–Kier alpha value is -2.74. The summed E-state index contributed by atoms with van der Waals surface area (Å²) in [6.07, 6.45) is 15.8. The molecule has 2 aromatic heterocycles. The molecule has 2 aromatic rings. The number of rotatable bonds is 9. The Morgan fingerprint density at radius 1 is 0.788 bits per heavy atom. The van der Waals surface area contributed by atoms with Crippen LogP contribution in [0.5, 0.6) is 0 Å². The fourth-order valence-corrected chi connectivity index (χ4v) is 10.9. The fourth-order valence-electron chi connectivity index (χ4n) is 10.2. The van der Waals surface area contributed by atoms with Gasteiger partial charge >= 0.3 is 12.2 Å². The van der Waals surface area contributed by atoms with Crippen molar-refractivity contribution in [3.63, 3.8) is 0 Å². The summed E-state index contributed by atoms with van der Waals surface area (Å²) in [6.45, 7) is 14.5. The minimum Gasteiger partial charge on any atom is -0.450 e. The second-order valence-corrected chi connectivity index (χ2v) is 17.1. The summed E-state index contributed by atoms with van der Waals surface area (Å²) >= 11 is 1.71. The monoisotopic (exact) mass is 739 g/mol. The third kappa shape index (κ3) is 8.32. The number of likely N-dealkylation sites (tertiary alicyclic amines) is 4. The van der Waals surface area contributed by atoms with Gasteiger partial charge in [-0.05, 0) is 115 Å². The van der Waals surface area contributed by atoms with Gasteiger partial charge in [-0.25, -0.2) is 19.6 Å². The molecule has 4 aliphatic heterocycles. The molecule has 0 aromatic carbocycles. The topological polar surface area (TPSA) is 105 Å². The highest BCUT2D eigenvalue weighted by Crippen LogP contribution is 2.52. The van der Waals surface area contributed by atoms with Gasteiger partial charge in [-0.1, -0.05) is 0 Å². The molecule has 2 spiro atoms. The van der Waals surface area contributed by atoms with E-state index in [4.69, 9.17) is 14.2 Å². The number of hydrogen-bond acceptors (Lipinski definition) is 10. The van der Waals surface area contributed by atoms with Crippen molar-refractivity contribution in [2.75, 3.05) is 79.3 Å². The maximum absolute atomic E-state index is 12.0. The van der Waals surface area contributed by atoms with E-state index in [-0.39, 0.29) is 12.2 Å². The van der Waals surface area contributed by atoms with Crippen LogP contribution in [-0.2, 0) is 20.8 Å². The molecule has 0 atom stereocenters. The standard InChI is InChI=1S/C21H34N4O3.C18H27N3O2S/c1-3-28-20(26)25-10-6-21(16-25)14-18(15-21)23-8-4-17(5-9-23)19-22-7-11-24(19)12-13-27-2;1-2-23-17(22)21-8-5-18(12-21)9-15(10-18)20-6-3-14(4-7-20)16-11-24-13-19-16/h7,11,17-18H,3-6,8-10,12-16H2,1-2H3;11,13-15H,2-10,12H2,1H3. The van der Waals surface area contributed by atoms with Crippen LogP contribution >= 0.6 is 11.3 Å². The van der Waals surface area contributed by atoms with Crippen LogP contribution in [-0.4, -0.2) is 138 Å². The largest absolute Gasteiger partial charge is 0.450 e. The lowest BCUT2D eigenvalue weighted by atomic mass is 9.64. The molecule has 6 fully saturated rings. The lowest BCUT2D eigenvalue weighted by Crippen LogP contribution is -2.54. The predicted octanol–water partition coefficient (Wildman–Crippen LogP) is 6.05. The zero-order valence-electron chi connectivity index (χ0n) is 31.8. The van der Waals surface area contributed by atoms with Gasteiger partial charge < -0.3 is 38.4 Å². The van der Waals surface area contributed by atoms with Gasteiger partial charge in [0, 0.05) is 81.5 Å². The minimum absolute atomic E-state index is 0.123. The number of amides is 2. The zero-order chi connectivity index (χ0) is 36.1. The van der Waals surface area contributed by atoms with Crippen LogP contribution in [0.3, 0.4) is 0 Å². The molecule has 52 heavy (non-hydrogen) atoms. The van der Waals surface area contributed by atoms with E-state index in [1.54, 1.807) is 18.4 Å². The Kier molecular flexibility index (Phi) is 12.1. The van der Waals surface area contributed by atoms with Gasteiger partial charge in [-0.15, -0.1) is 11.3 Å². The number of thiazole rings is 1. The van der Waals surface area contributed by atoms with Crippen LogP contribution in [0.25, 0.3) is 0 Å². The molecule has 12 nitrogen and oxygen atoms in total. The molecular weight excluding hydrogens is 679 g/mol. The number of ether oxygens (including phenoxy) is 3. The predicted molar refractivity (Wildman–Crippen MR) is 201 cm³/mol. The lowest BCUT2D eigenvalue weighted by Gasteiger charge is -2.51. The van der Waals surface area contributed by atoms with E-state index < -0.39 is 0 Å². The molecule has 0 radical (unpaired) electrons. The summed E-state index contributed by atoms with van der Waals surface area (Å²) in [5, 5.41) is 2.21. The summed E-state index contributed by atoms with van der Waals surface area (Å²) in [7, 11) is 1.75. The van der Waals surface area contributed by atoms with Crippen molar-refractivity contribution in [3.8, 4) is 0 Å². The van der Waals surface area contributed by atoms with Crippen molar-refractivity contribution < 1.29 is 23.8 Å². The van der Waals surface area contributed by atoms with Gasteiger partial charge in [-0.2, -0.15) is 0 Å². The van der Waals surface area contributed by atoms with E-state index in [9.17, 15) is 9.59 Å². The van der Waals surface area contributed by atoms with E-state index in [0.717, 1.165) is 71.3 Å². The number of methoxy groups -OCH3 is 1. The molecule has 13 heteroatoms. The number of hydrogen-bond donors (Lipinski definition) is 0. The van der Waals surface area contributed by atoms with Gasteiger partial charge in [-0.3, -0.25) is 0 Å². The molecule has 6 aliphatic rings. The normalized spacial score (nSPS) is 29.9. The SMILES string of the molecule is CCOC(=O)N1CCC2(CC(N3CCC(c4cscn4)CC3)C2)C1.CCOC(=O)N1CCC2(CC(N3CCC(c4nccn4CCOC)CC3)C2)C1. The van der Waals surface area contributed by atoms with E-state index in [1.807, 2.05) is 35.4 Å². The number of piperidine rings is 2. The highest BCUT2D eigenvalue weighted by molar-refractivity contribution is 7.07. The first-order valence-corrected chi connectivity index (χ1v) is 21.0. The smallest absolute Gasteiger partial charge is 0.409 e. The van der Waals surface area contributed by atoms with Crippen molar-refractivity contribution >= 4 is 23.5 Å². The number of aromatic nitrogens is 3. The molecule has 4 saturated heterocycles. The van der Waals surface area contributed by atoms with Crippen LogP contribution in [0.1, 0.15) is 101 Å². The molecule has 0 bridgehead atoms. The van der Waals surface area contributed by atoms with Gasteiger partial charge in [0.25, 0.3) is 0 Å². The maximum atomic E-state index is 12.0. The minimum atomic E-state index is -0.132. The van der Waals surface area contributed by atoms with Gasteiger partial charge in [0.2, 0.25) is 0 Å². The Morgan fingerprint density at radius 2 is 1.33 bits per heavy atom. The first-order valence-electron chi connectivity index (χ1n) is 20.0. The summed E-state index contributed by atoms with van der Waals surface area (Å²) in [5.74, 6) is 2.44. The van der Waals surface area contributed by atoms with Gasteiger partial charge in [0.15, 0.2) is 0 Å². The molecule has 288 valence electrons.